The Morgan fingerprint density at radius 3 is 2.36 bits per heavy atom. The van der Waals surface area contributed by atoms with Gasteiger partial charge in [0, 0.05) is 41.5 Å². The van der Waals surface area contributed by atoms with Crippen LogP contribution >= 0.6 is 0 Å². The molecular formula is C43H48N2. The van der Waals surface area contributed by atoms with Gasteiger partial charge in [-0.3, -0.25) is 0 Å². The molecule has 2 heteroatoms. The number of aryl methyl sites for hydroxylation is 1. The van der Waals surface area contributed by atoms with Gasteiger partial charge in [-0.2, -0.15) is 0 Å². The standard InChI is InChI=1S/C43H48N2/c1-8-29-45-39-28-25-32(2)30-37(39)42(4,5)40(45)24-16-11-9-10-13-19-33(3)43(6,31-34-20-14-12-15-21-34)41-36-23-18-17-22-35(36)26-27-38(41)44-7/h9-28,30,44H,3,8,29,31H2,1-2,4-7H3/b10-9+,16-11+,19-13+,40-24+. The first-order valence-electron chi connectivity index (χ1n) is 16.2. The van der Waals surface area contributed by atoms with E-state index in [4.69, 9.17) is 0 Å². The molecule has 1 heterocycles. The molecule has 5 rings (SSSR count). The highest BCUT2D eigenvalue weighted by Crippen LogP contribution is 2.48. The van der Waals surface area contributed by atoms with E-state index in [9.17, 15) is 0 Å². The van der Waals surface area contributed by atoms with Crippen molar-refractivity contribution in [1.29, 1.82) is 0 Å². The first kappa shape index (κ1) is 31.9. The third kappa shape index (κ3) is 6.47. The van der Waals surface area contributed by atoms with Gasteiger partial charge in [-0.15, -0.1) is 0 Å². The molecule has 45 heavy (non-hydrogen) atoms. The summed E-state index contributed by atoms with van der Waals surface area (Å²) in [5.74, 6) is 0. The highest BCUT2D eigenvalue weighted by molar-refractivity contribution is 5.92. The molecule has 0 aromatic heterocycles. The molecule has 4 aromatic rings. The van der Waals surface area contributed by atoms with Crippen LogP contribution in [-0.2, 0) is 17.3 Å². The Labute approximate surface area is 271 Å². The summed E-state index contributed by atoms with van der Waals surface area (Å²) in [4.78, 5) is 2.49. The molecule has 4 aromatic carbocycles. The quantitative estimate of drug-likeness (QED) is 0.174. The molecule has 0 aliphatic carbocycles. The van der Waals surface area contributed by atoms with Gasteiger partial charge in [-0.25, -0.2) is 0 Å². The molecule has 0 spiro atoms. The van der Waals surface area contributed by atoms with Crippen molar-refractivity contribution in [1.82, 2.24) is 0 Å². The Bertz CT molecular complexity index is 1780. The van der Waals surface area contributed by atoms with Crippen molar-refractivity contribution in [3.8, 4) is 0 Å². The molecule has 0 fully saturated rings. The Kier molecular flexibility index (Phi) is 9.63. The molecule has 1 aliphatic heterocycles. The lowest BCUT2D eigenvalue weighted by molar-refractivity contribution is 0.574. The Morgan fingerprint density at radius 2 is 1.60 bits per heavy atom. The largest absolute Gasteiger partial charge is 0.388 e. The highest BCUT2D eigenvalue weighted by atomic mass is 15.2. The van der Waals surface area contributed by atoms with Gasteiger partial charge in [-0.1, -0.05) is 149 Å². The Balaban J connectivity index is 1.40. The van der Waals surface area contributed by atoms with E-state index in [0.29, 0.717) is 0 Å². The van der Waals surface area contributed by atoms with Crippen LogP contribution in [0, 0.1) is 6.92 Å². The molecule has 1 atom stereocenters. The van der Waals surface area contributed by atoms with Crippen molar-refractivity contribution in [2.75, 3.05) is 23.8 Å². The molecule has 0 amide bonds. The van der Waals surface area contributed by atoms with Crippen LogP contribution < -0.4 is 10.2 Å². The summed E-state index contributed by atoms with van der Waals surface area (Å²) < 4.78 is 0. The van der Waals surface area contributed by atoms with Crippen molar-refractivity contribution in [3.63, 3.8) is 0 Å². The van der Waals surface area contributed by atoms with E-state index in [1.807, 2.05) is 7.05 Å². The molecule has 1 aliphatic rings. The first-order chi connectivity index (χ1) is 21.7. The number of hydrogen-bond acceptors (Lipinski definition) is 2. The molecule has 0 saturated heterocycles. The fraction of sp³-hybridized carbons (Fsp3) is 0.256. The topological polar surface area (TPSA) is 15.3 Å². The van der Waals surface area contributed by atoms with Crippen LogP contribution in [0.15, 0.2) is 145 Å². The van der Waals surface area contributed by atoms with Crippen LogP contribution in [0.25, 0.3) is 10.8 Å². The second-order valence-electron chi connectivity index (χ2n) is 13.0. The average Bonchev–Trinajstić information content (AvgIpc) is 3.24. The van der Waals surface area contributed by atoms with E-state index in [1.54, 1.807) is 0 Å². The fourth-order valence-electron chi connectivity index (χ4n) is 6.89. The van der Waals surface area contributed by atoms with Crippen molar-refractivity contribution in [2.24, 2.45) is 0 Å². The van der Waals surface area contributed by atoms with Gasteiger partial charge in [0.1, 0.15) is 0 Å². The number of nitrogens with zero attached hydrogens (tertiary/aromatic N) is 1. The van der Waals surface area contributed by atoms with Crippen molar-refractivity contribution >= 4 is 22.1 Å². The predicted molar refractivity (Wildman–Crippen MR) is 197 cm³/mol. The summed E-state index contributed by atoms with van der Waals surface area (Å²) in [5.41, 5.74) is 9.86. The summed E-state index contributed by atoms with van der Waals surface area (Å²) in [7, 11) is 2.01. The van der Waals surface area contributed by atoms with E-state index in [1.165, 1.54) is 44.4 Å². The molecule has 1 N–H and O–H groups in total. The second kappa shape index (κ2) is 13.6. The van der Waals surface area contributed by atoms with Gasteiger partial charge in [0.15, 0.2) is 0 Å². The zero-order chi connectivity index (χ0) is 32.0. The van der Waals surface area contributed by atoms with Crippen LogP contribution in [0.3, 0.4) is 0 Å². The van der Waals surface area contributed by atoms with Crippen molar-refractivity contribution < 1.29 is 0 Å². The van der Waals surface area contributed by atoms with E-state index >= 15 is 0 Å². The summed E-state index contributed by atoms with van der Waals surface area (Å²) in [5, 5.41) is 5.97. The average molecular weight is 593 g/mol. The summed E-state index contributed by atoms with van der Waals surface area (Å²) >= 11 is 0. The minimum Gasteiger partial charge on any atom is -0.388 e. The van der Waals surface area contributed by atoms with Gasteiger partial charge in [-0.05, 0) is 71.0 Å². The summed E-state index contributed by atoms with van der Waals surface area (Å²) in [6.45, 7) is 17.1. The minimum atomic E-state index is -0.324. The SMILES string of the molecule is C=C(/C=C/C=C/C=C/C=C1/N(CCC)c2ccc(C)cc2C1(C)C)C(C)(Cc1ccccc1)c1c(NC)ccc2ccccc12. The monoisotopic (exact) mass is 592 g/mol. The van der Waals surface area contributed by atoms with Gasteiger partial charge in [0.25, 0.3) is 0 Å². The maximum atomic E-state index is 4.65. The summed E-state index contributed by atoms with van der Waals surface area (Å²) in [6.07, 6.45) is 17.1. The number of benzene rings is 4. The van der Waals surface area contributed by atoms with Gasteiger partial charge in [0.05, 0.1) is 0 Å². The van der Waals surface area contributed by atoms with E-state index in [0.717, 1.165) is 30.6 Å². The highest BCUT2D eigenvalue weighted by Gasteiger charge is 2.39. The molecule has 0 radical (unpaired) electrons. The fourth-order valence-corrected chi connectivity index (χ4v) is 6.89. The van der Waals surface area contributed by atoms with E-state index < -0.39 is 0 Å². The normalized spacial score (nSPS) is 16.7. The molecule has 230 valence electrons. The molecule has 0 saturated carbocycles. The van der Waals surface area contributed by atoms with Gasteiger partial charge < -0.3 is 10.2 Å². The van der Waals surface area contributed by atoms with Gasteiger partial charge in [0.2, 0.25) is 0 Å². The molecule has 1 unspecified atom stereocenters. The van der Waals surface area contributed by atoms with E-state index in [2.05, 4.69) is 179 Å². The maximum absolute atomic E-state index is 4.65. The predicted octanol–water partition coefficient (Wildman–Crippen LogP) is 11.0. The van der Waals surface area contributed by atoms with Crippen LogP contribution in [-0.4, -0.2) is 13.6 Å². The van der Waals surface area contributed by atoms with Crippen molar-refractivity contribution in [2.45, 2.75) is 58.3 Å². The third-order valence-corrected chi connectivity index (χ3v) is 9.35. The molecular weight excluding hydrogens is 544 g/mol. The van der Waals surface area contributed by atoms with Crippen LogP contribution in [0.5, 0.6) is 0 Å². The lowest BCUT2D eigenvalue weighted by Gasteiger charge is -2.34. The Hall–Kier alpha value is -4.56. The second-order valence-corrected chi connectivity index (χ2v) is 13.0. The number of nitrogens with one attached hydrogen (secondary N) is 1. The lowest BCUT2D eigenvalue weighted by atomic mass is 9.69. The number of rotatable bonds is 11. The zero-order valence-electron chi connectivity index (χ0n) is 27.9. The van der Waals surface area contributed by atoms with Crippen LogP contribution in [0.1, 0.15) is 56.4 Å². The van der Waals surface area contributed by atoms with Crippen LogP contribution in [0.4, 0.5) is 11.4 Å². The minimum absolute atomic E-state index is 0.0285. The summed E-state index contributed by atoms with van der Waals surface area (Å²) in [6, 6.07) is 30.7. The number of hydrogen-bond donors (Lipinski definition) is 1. The number of allylic oxidation sites excluding steroid dienone is 9. The third-order valence-electron chi connectivity index (χ3n) is 9.35. The smallest absolute Gasteiger partial charge is 0.0450 e. The van der Waals surface area contributed by atoms with E-state index in [-0.39, 0.29) is 10.8 Å². The number of anilines is 2. The van der Waals surface area contributed by atoms with Crippen LogP contribution in [0.2, 0.25) is 0 Å². The number of fused-ring (bicyclic) bond motifs is 2. The lowest BCUT2D eigenvalue weighted by Crippen LogP contribution is -2.28. The van der Waals surface area contributed by atoms with Crippen molar-refractivity contribution in [3.05, 3.63) is 168 Å². The van der Waals surface area contributed by atoms with Gasteiger partial charge >= 0.3 is 0 Å². The molecule has 0 bridgehead atoms. The first-order valence-corrected chi connectivity index (χ1v) is 16.2. The molecule has 2 nitrogen and oxygen atoms in total. The zero-order valence-corrected chi connectivity index (χ0v) is 27.9. The Morgan fingerprint density at radius 1 is 0.889 bits per heavy atom. The maximum Gasteiger partial charge on any atom is 0.0450 e.